The number of nitrogens with two attached hydrogens (primary N) is 1. The summed E-state index contributed by atoms with van der Waals surface area (Å²) in [4.78, 5) is 54.6. The first-order valence-corrected chi connectivity index (χ1v) is 13.4. The van der Waals surface area contributed by atoms with Gasteiger partial charge in [-0.05, 0) is 29.4 Å². The van der Waals surface area contributed by atoms with Crippen LogP contribution in [-0.4, -0.2) is 57.9 Å². The van der Waals surface area contributed by atoms with Crippen LogP contribution in [0.15, 0.2) is 30.5 Å². The summed E-state index contributed by atoms with van der Waals surface area (Å²) in [6.07, 6.45) is 3.16. The summed E-state index contributed by atoms with van der Waals surface area (Å²) in [7, 11) is 0. The summed E-state index contributed by atoms with van der Waals surface area (Å²) in [5, 5.41) is 18.7. The smallest absolute Gasteiger partial charge is 0.326 e. The fourth-order valence-electron chi connectivity index (χ4n) is 4.22. The van der Waals surface area contributed by atoms with Crippen molar-refractivity contribution in [2.45, 2.75) is 85.0 Å². The predicted octanol–water partition coefficient (Wildman–Crippen LogP) is 2.32. The molecule has 0 saturated carbocycles. The second-order valence-corrected chi connectivity index (χ2v) is 10.5. The molecular weight excluding hydrogens is 486 g/mol. The molecule has 0 aliphatic carbocycles. The van der Waals surface area contributed by atoms with E-state index in [1.54, 1.807) is 27.0 Å². The van der Waals surface area contributed by atoms with E-state index in [0.29, 0.717) is 12.8 Å². The Morgan fingerprint density at radius 2 is 1.47 bits per heavy atom. The molecule has 0 aliphatic heterocycles. The molecule has 10 heteroatoms. The van der Waals surface area contributed by atoms with Crippen LogP contribution in [0.3, 0.4) is 0 Å². The number of carbonyl (C=O) groups excluding carboxylic acids is 3. The fraction of sp³-hybridized carbons (Fsp3) is 0.571. The molecule has 38 heavy (non-hydrogen) atoms. The van der Waals surface area contributed by atoms with Crippen molar-refractivity contribution in [1.29, 1.82) is 0 Å². The quantitative estimate of drug-likeness (QED) is 0.220. The van der Waals surface area contributed by atoms with E-state index in [4.69, 9.17) is 5.73 Å². The van der Waals surface area contributed by atoms with Crippen LogP contribution in [0.1, 0.15) is 59.9 Å². The van der Waals surface area contributed by atoms with E-state index in [9.17, 15) is 24.3 Å². The number of H-pyrrole nitrogens is 1. The molecule has 1 aromatic carbocycles. The van der Waals surface area contributed by atoms with Gasteiger partial charge in [0.2, 0.25) is 17.7 Å². The van der Waals surface area contributed by atoms with Gasteiger partial charge in [-0.1, -0.05) is 72.6 Å². The lowest BCUT2D eigenvalue weighted by Gasteiger charge is -2.28. The lowest BCUT2D eigenvalue weighted by Crippen LogP contribution is -2.59. The van der Waals surface area contributed by atoms with E-state index < -0.39 is 47.9 Å². The summed E-state index contributed by atoms with van der Waals surface area (Å²) >= 11 is 0. The minimum absolute atomic E-state index is 0.0696. The minimum Gasteiger partial charge on any atom is -0.480 e. The first-order valence-electron chi connectivity index (χ1n) is 13.4. The highest BCUT2D eigenvalue weighted by molar-refractivity contribution is 5.95. The van der Waals surface area contributed by atoms with Crippen molar-refractivity contribution in [3.63, 3.8) is 0 Å². The van der Waals surface area contributed by atoms with E-state index in [0.717, 1.165) is 16.5 Å². The molecule has 0 radical (unpaired) electrons. The van der Waals surface area contributed by atoms with Gasteiger partial charge in [0.05, 0.1) is 6.04 Å². The standard InChI is InChI=1S/C28H43N5O5/c1-7-16(5)22(29)26(35)32-23(15(3)4)27(36)31-21(25(34)33-24(28(37)38)17(6)8-2)13-18-14-30-20-12-10-9-11-19(18)20/h9-12,14-17,21-24,30H,7-8,13,29H2,1-6H3,(H,31,36)(H,32,35)(H,33,34)(H,37,38). The Kier molecular flexibility index (Phi) is 11.3. The maximum atomic E-state index is 13.4. The van der Waals surface area contributed by atoms with Crippen molar-refractivity contribution in [1.82, 2.24) is 20.9 Å². The molecular formula is C28H43N5O5. The Morgan fingerprint density at radius 1 is 0.868 bits per heavy atom. The predicted molar refractivity (Wildman–Crippen MR) is 147 cm³/mol. The number of aromatic nitrogens is 1. The van der Waals surface area contributed by atoms with E-state index in [1.165, 1.54) is 0 Å². The number of aromatic amines is 1. The largest absolute Gasteiger partial charge is 0.480 e. The highest BCUT2D eigenvalue weighted by atomic mass is 16.4. The molecule has 3 amide bonds. The number of rotatable bonds is 14. The van der Waals surface area contributed by atoms with Gasteiger partial charge in [-0.2, -0.15) is 0 Å². The van der Waals surface area contributed by atoms with Gasteiger partial charge in [-0.25, -0.2) is 4.79 Å². The zero-order valence-corrected chi connectivity index (χ0v) is 23.2. The van der Waals surface area contributed by atoms with Gasteiger partial charge < -0.3 is 31.8 Å². The average Bonchev–Trinajstić information content (AvgIpc) is 3.30. The van der Waals surface area contributed by atoms with Gasteiger partial charge in [0, 0.05) is 23.5 Å². The number of nitrogens with one attached hydrogen (secondary N) is 4. The van der Waals surface area contributed by atoms with Crippen LogP contribution in [0.2, 0.25) is 0 Å². The summed E-state index contributed by atoms with van der Waals surface area (Å²) in [6, 6.07) is 3.69. The van der Waals surface area contributed by atoms with Gasteiger partial charge in [0.15, 0.2) is 0 Å². The summed E-state index contributed by atoms with van der Waals surface area (Å²) in [5.41, 5.74) is 7.74. The first kappa shape index (κ1) is 30.8. The van der Waals surface area contributed by atoms with Crippen LogP contribution in [0.25, 0.3) is 10.9 Å². The number of amides is 3. The number of benzene rings is 1. The number of para-hydroxylation sites is 1. The summed E-state index contributed by atoms with van der Waals surface area (Å²) in [6.45, 7) is 11.0. The number of hydrogen-bond acceptors (Lipinski definition) is 5. The molecule has 0 saturated heterocycles. The molecule has 7 N–H and O–H groups in total. The molecule has 1 aromatic heterocycles. The van der Waals surface area contributed by atoms with E-state index in [1.807, 2.05) is 45.0 Å². The Balaban J connectivity index is 2.33. The van der Waals surface area contributed by atoms with Crippen molar-refractivity contribution in [2.75, 3.05) is 0 Å². The van der Waals surface area contributed by atoms with Gasteiger partial charge in [0.1, 0.15) is 18.1 Å². The summed E-state index contributed by atoms with van der Waals surface area (Å²) < 4.78 is 0. The molecule has 0 aliphatic rings. The summed E-state index contributed by atoms with van der Waals surface area (Å²) in [5.74, 6) is -3.40. The Bertz CT molecular complexity index is 1110. The first-order chi connectivity index (χ1) is 17.9. The maximum absolute atomic E-state index is 13.4. The molecule has 210 valence electrons. The zero-order valence-electron chi connectivity index (χ0n) is 23.2. The van der Waals surface area contributed by atoms with E-state index in [2.05, 4.69) is 20.9 Å². The highest BCUT2D eigenvalue weighted by Crippen LogP contribution is 2.20. The van der Waals surface area contributed by atoms with Gasteiger partial charge >= 0.3 is 5.97 Å². The van der Waals surface area contributed by atoms with Crippen LogP contribution < -0.4 is 21.7 Å². The third kappa shape index (κ3) is 7.80. The lowest BCUT2D eigenvalue weighted by atomic mass is 9.96. The second kappa shape index (κ2) is 13.9. The molecule has 2 aromatic rings. The number of fused-ring (bicyclic) bond motifs is 1. The van der Waals surface area contributed by atoms with Gasteiger partial charge in [-0.15, -0.1) is 0 Å². The third-order valence-electron chi connectivity index (χ3n) is 7.32. The normalized spacial score (nSPS) is 16.2. The van der Waals surface area contributed by atoms with Crippen LogP contribution in [0.5, 0.6) is 0 Å². The van der Waals surface area contributed by atoms with E-state index >= 15 is 0 Å². The molecule has 6 atom stereocenters. The molecule has 2 rings (SSSR count). The SMILES string of the molecule is CCC(C)C(N)C(=O)NC(C(=O)NC(Cc1c[nH]c2ccccc12)C(=O)NC(C(=O)O)C(C)CC)C(C)C. The third-order valence-corrected chi connectivity index (χ3v) is 7.32. The number of carbonyl (C=O) groups is 4. The molecule has 10 nitrogen and oxygen atoms in total. The van der Waals surface area contributed by atoms with Crippen molar-refractivity contribution >= 4 is 34.6 Å². The van der Waals surface area contributed by atoms with Gasteiger partial charge in [-0.3, -0.25) is 14.4 Å². The highest BCUT2D eigenvalue weighted by Gasteiger charge is 2.33. The maximum Gasteiger partial charge on any atom is 0.326 e. The average molecular weight is 530 g/mol. The number of carboxylic acid groups (broad SMARTS) is 1. The number of aliphatic carboxylic acids is 1. The molecule has 0 bridgehead atoms. The van der Waals surface area contributed by atoms with Crippen molar-refractivity contribution < 1.29 is 24.3 Å². The molecule has 6 unspecified atom stereocenters. The molecule has 1 heterocycles. The Labute approximate surface area is 224 Å². The monoisotopic (exact) mass is 529 g/mol. The Hall–Kier alpha value is -3.40. The van der Waals surface area contributed by atoms with Crippen LogP contribution in [0.4, 0.5) is 0 Å². The van der Waals surface area contributed by atoms with Gasteiger partial charge in [0.25, 0.3) is 0 Å². The van der Waals surface area contributed by atoms with Crippen LogP contribution in [-0.2, 0) is 25.6 Å². The molecule has 0 fully saturated rings. The number of hydrogen-bond donors (Lipinski definition) is 6. The topological polar surface area (TPSA) is 166 Å². The minimum atomic E-state index is -1.14. The van der Waals surface area contributed by atoms with E-state index in [-0.39, 0.29) is 24.2 Å². The number of carboxylic acids is 1. The lowest BCUT2D eigenvalue weighted by molar-refractivity contribution is -0.143. The molecule has 0 spiro atoms. The zero-order chi connectivity index (χ0) is 28.6. The fourth-order valence-corrected chi connectivity index (χ4v) is 4.22. The Morgan fingerprint density at radius 3 is 2.05 bits per heavy atom. The van der Waals surface area contributed by atoms with Crippen molar-refractivity contribution in [2.24, 2.45) is 23.5 Å². The van der Waals surface area contributed by atoms with Crippen molar-refractivity contribution in [3.05, 3.63) is 36.0 Å². The second-order valence-electron chi connectivity index (χ2n) is 10.5. The van der Waals surface area contributed by atoms with Crippen molar-refractivity contribution in [3.8, 4) is 0 Å². The van der Waals surface area contributed by atoms with Crippen LogP contribution in [0, 0.1) is 17.8 Å². The van der Waals surface area contributed by atoms with Crippen LogP contribution >= 0.6 is 0 Å².